The molecule has 2 aromatic rings. The molecule has 6 rings (SSSR count). The number of carbonyl (C=O) groups is 1. The number of alkyl halides is 1. The molecule has 0 spiro atoms. The first kappa shape index (κ1) is 32.5. The molecule has 246 valence electrons. The Labute approximate surface area is 270 Å². The fourth-order valence-corrected chi connectivity index (χ4v) is 10.2. The lowest BCUT2D eigenvalue weighted by atomic mass is 9.51. The zero-order chi connectivity index (χ0) is 31.4. The number of phenols is 1. The molecule has 0 saturated heterocycles. The monoisotopic (exact) mass is 617 g/mol. The molecule has 2 aromatic carbocycles. The number of aliphatic hydroxyl groups is 1. The lowest BCUT2D eigenvalue weighted by Gasteiger charge is -2.54. The van der Waals surface area contributed by atoms with E-state index in [1.807, 2.05) is 12.1 Å². The fourth-order valence-electron chi connectivity index (χ4n) is 10.2. The largest absolute Gasteiger partial charge is 0.508 e. The molecule has 7 atom stereocenters. The Morgan fingerprint density at radius 2 is 1.73 bits per heavy atom. The van der Waals surface area contributed by atoms with E-state index in [9.17, 15) is 15.0 Å². The SMILES string of the molecule is CC12C[C@H](F)C3c4ccc(O)cc4CC(CCCCN(CCCc4ccccc4)C(=O)CCC4CCCCC4)C3C1CC[C@@H]2O. The molecular weight excluding hydrogens is 561 g/mol. The third kappa shape index (κ3) is 7.29. The maximum absolute atomic E-state index is 16.1. The maximum atomic E-state index is 16.1. The standard InChI is InChI=1S/C40H56FNO3/c1-40-27-35(41)39-33-19-18-32(43)26-31(33)25-30(38(39)34(40)20-21-36(40)44)16-8-9-23-42(24-10-15-28-11-4-2-5-12-28)37(45)22-17-29-13-6-3-7-14-29/h2,4-5,11-12,18-19,26,29-30,34-36,38-39,43-44H,3,6-10,13-17,20-25,27H2,1H3/t30?,34?,35-,36-,38?,39?,40?/m0/s1. The van der Waals surface area contributed by atoms with Gasteiger partial charge in [-0.3, -0.25) is 4.79 Å². The van der Waals surface area contributed by atoms with Gasteiger partial charge < -0.3 is 15.1 Å². The van der Waals surface area contributed by atoms with Crippen molar-refractivity contribution in [2.45, 2.75) is 128 Å². The Balaban J connectivity index is 1.10. The van der Waals surface area contributed by atoms with Crippen molar-refractivity contribution in [2.75, 3.05) is 13.1 Å². The Morgan fingerprint density at radius 1 is 0.956 bits per heavy atom. The molecule has 3 fully saturated rings. The Morgan fingerprint density at radius 3 is 2.53 bits per heavy atom. The van der Waals surface area contributed by atoms with E-state index in [-0.39, 0.29) is 23.0 Å². The summed E-state index contributed by atoms with van der Waals surface area (Å²) in [5, 5.41) is 21.3. The summed E-state index contributed by atoms with van der Waals surface area (Å²) >= 11 is 0. The molecule has 0 heterocycles. The predicted octanol–water partition coefficient (Wildman–Crippen LogP) is 8.78. The highest BCUT2D eigenvalue weighted by atomic mass is 19.1. The molecule has 3 saturated carbocycles. The van der Waals surface area contributed by atoms with Gasteiger partial charge in [0.1, 0.15) is 11.9 Å². The van der Waals surface area contributed by atoms with E-state index >= 15 is 4.39 Å². The molecule has 1 amide bonds. The van der Waals surface area contributed by atoms with Crippen molar-refractivity contribution in [2.24, 2.45) is 29.1 Å². The Hall–Kier alpha value is -2.40. The van der Waals surface area contributed by atoms with E-state index < -0.39 is 12.3 Å². The summed E-state index contributed by atoms with van der Waals surface area (Å²) in [6, 6.07) is 16.1. The number of carbonyl (C=O) groups excluding carboxylic acids is 1. The molecule has 0 aliphatic heterocycles. The highest BCUT2D eigenvalue weighted by Gasteiger charge is 2.59. The smallest absolute Gasteiger partial charge is 0.222 e. The second-order valence-corrected chi connectivity index (χ2v) is 15.4. The lowest BCUT2D eigenvalue weighted by Crippen LogP contribution is -2.51. The average Bonchev–Trinajstić information content (AvgIpc) is 3.34. The molecule has 4 nitrogen and oxygen atoms in total. The minimum absolute atomic E-state index is 0.154. The molecule has 0 aromatic heterocycles. The maximum Gasteiger partial charge on any atom is 0.222 e. The van der Waals surface area contributed by atoms with Crippen LogP contribution in [0.15, 0.2) is 48.5 Å². The quantitative estimate of drug-likeness (QED) is 0.234. The number of aromatic hydroxyl groups is 1. The minimum Gasteiger partial charge on any atom is -0.508 e. The number of fused-ring (bicyclic) bond motifs is 5. The number of rotatable bonds is 12. The zero-order valence-corrected chi connectivity index (χ0v) is 27.5. The predicted molar refractivity (Wildman–Crippen MR) is 179 cm³/mol. The van der Waals surface area contributed by atoms with Crippen molar-refractivity contribution >= 4 is 5.91 Å². The number of hydrogen-bond donors (Lipinski definition) is 2. The van der Waals surface area contributed by atoms with Gasteiger partial charge in [-0.15, -0.1) is 0 Å². The van der Waals surface area contributed by atoms with Crippen LogP contribution in [0.1, 0.15) is 119 Å². The van der Waals surface area contributed by atoms with E-state index in [4.69, 9.17) is 0 Å². The molecule has 5 unspecified atom stereocenters. The minimum atomic E-state index is -0.975. The van der Waals surface area contributed by atoms with Gasteiger partial charge in [0.25, 0.3) is 0 Å². The van der Waals surface area contributed by atoms with Crippen LogP contribution in [-0.2, 0) is 17.6 Å². The fraction of sp³-hybridized carbons (Fsp3) is 0.675. The second-order valence-electron chi connectivity index (χ2n) is 15.4. The third-order valence-corrected chi connectivity index (χ3v) is 12.6. The summed E-state index contributed by atoms with van der Waals surface area (Å²) in [5.41, 5.74) is 3.16. The molecule has 4 aliphatic carbocycles. The van der Waals surface area contributed by atoms with Gasteiger partial charge in [-0.05, 0) is 116 Å². The summed E-state index contributed by atoms with van der Waals surface area (Å²) in [6.45, 7) is 3.73. The van der Waals surface area contributed by atoms with Crippen LogP contribution in [0, 0.1) is 29.1 Å². The molecular formula is C40H56FNO3. The van der Waals surface area contributed by atoms with Gasteiger partial charge in [0, 0.05) is 25.4 Å². The van der Waals surface area contributed by atoms with Crippen LogP contribution in [0.3, 0.4) is 0 Å². The molecule has 5 heteroatoms. The molecule has 4 aliphatic rings. The number of nitrogens with zero attached hydrogens (tertiary/aromatic N) is 1. The van der Waals surface area contributed by atoms with Crippen LogP contribution in [0.25, 0.3) is 0 Å². The third-order valence-electron chi connectivity index (χ3n) is 12.6. The van der Waals surface area contributed by atoms with Gasteiger partial charge in [0.2, 0.25) is 5.91 Å². The van der Waals surface area contributed by atoms with E-state index in [1.54, 1.807) is 6.07 Å². The van der Waals surface area contributed by atoms with Crippen molar-refractivity contribution in [3.05, 3.63) is 65.2 Å². The average molecular weight is 618 g/mol. The summed E-state index contributed by atoms with van der Waals surface area (Å²) < 4.78 is 16.1. The highest BCUT2D eigenvalue weighted by molar-refractivity contribution is 5.76. The lowest BCUT2D eigenvalue weighted by molar-refractivity contribution is -0.131. The van der Waals surface area contributed by atoms with Crippen molar-refractivity contribution in [3.63, 3.8) is 0 Å². The van der Waals surface area contributed by atoms with Gasteiger partial charge in [0.05, 0.1) is 6.10 Å². The first-order valence-corrected chi connectivity index (χ1v) is 18.3. The van der Waals surface area contributed by atoms with Crippen LogP contribution < -0.4 is 0 Å². The number of aliphatic hydroxyl groups excluding tert-OH is 1. The number of benzene rings is 2. The Kier molecular flexibility index (Phi) is 10.5. The summed E-state index contributed by atoms with van der Waals surface area (Å²) in [7, 11) is 0. The van der Waals surface area contributed by atoms with Crippen LogP contribution in [0.4, 0.5) is 4.39 Å². The second kappa shape index (κ2) is 14.6. The van der Waals surface area contributed by atoms with Crippen LogP contribution in [-0.4, -0.2) is 46.4 Å². The van der Waals surface area contributed by atoms with E-state index in [0.29, 0.717) is 36.5 Å². The number of halogens is 1. The number of unbranched alkanes of at least 4 members (excludes halogenated alkanes) is 1. The summed E-state index contributed by atoms with van der Waals surface area (Å²) in [4.78, 5) is 15.7. The van der Waals surface area contributed by atoms with Crippen LogP contribution >= 0.6 is 0 Å². The van der Waals surface area contributed by atoms with Crippen LogP contribution in [0.2, 0.25) is 0 Å². The Bertz CT molecular complexity index is 1260. The summed E-state index contributed by atoms with van der Waals surface area (Å²) in [6.07, 6.45) is 14.8. The first-order chi connectivity index (χ1) is 21.8. The van der Waals surface area contributed by atoms with Crippen molar-refractivity contribution in [1.82, 2.24) is 4.90 Å². The van der Waals surface area contributed by atoms with Crippen molar-refractivity contribution in [1.29, 1.82) is 0 Å². The molecule has 45 heavy (non-hydrogen) atoms. The zero-order valence-electron chi connectivity index (χ0n) is 27.5. The number of aryl methyl sites for hydroxylation is 1. The summed E-state index contributed by atoms with van der Waals surface area (Å²) in [5.74, 6) is 2.00. The van der Waals surface area contributed by atoms with E-state index in [0.717, 1.165) is 82.0 Å². The highest BCUT2D eigenvalue weighted by Crippen LogP contribution is 2.63. The van der Waals surface area contributed by atoms with E-state index in [1.165, 1.54) is 37.7 Å². The molecule has 0 radical (unpaired) electrons. The molecule has 0 bridgehead atoms. The number of hydrogen-bond acceptors (Lipinski definition) is 3. The van der Waals surface area contributed by atoms with Gasteiger partial charge in [0.15, 0.2) is 0 Å². The van der Waals surface area contributed by atoms with Crippen LogP contribution in [0.5, 0.6) is 5.75 Å². The number of amides is 1. The first-order valence-electron chi connectivity index (χ1n) is 18.3. The van der Waals surface area contributed by atoms with Crippen molar-refractivity contribution < 1.29 is 19.4 Å². The van der Waals surface area contributed by atoms with Gasteiger partial charge in [-0.25, -0.2) is 4.39 Å². The van der Waals surface area contributed by atoms with Gasteiger partial charge in [-0.1, -0.05) is 81.8 Å². The van der Waals surface area contributed by atoms with Gasteiger partial charge in [-0.2, -0.15) is 0 Å². The number of phenolic OH excluding ortho intramolecular Hbond substituents is 1. The van der Waals surface area contributed by atoms with E-state index in [2.05, 4.69) is 42.2 Å². The topological polar surface area (TPSA) is 60.8 Å². The molecule has 2 N–H and O–H groups in total. The van der Waals surface area contributed by atoms with Gasteiger partial charge >= 0.3 is 0 Å². The normalized spacial score (nSPS) is 31.2. The van der Waals surface area contributed by atoms with Crippen molar-refractivity contribution in [3.8, 4) is 5.75 Å².